The molecule has 0 radical (unpaired) electrons. The second-order valence-electron chi connectivity index (χ2n) is 4.39. The number of nitrogens with zero attached hydrogens (tertiary/aromatic N) is 6. The molecular weight excluding hydrogens is 360 g/mol. The van der Waals surface area contributed by atoms with Crippen LogP contribution in [0.3, 0.4) is 0 Å². The fourth-order valence-electron chi connectivity index (χ4n) is 2.17. The van der Waals surface area contributed by atoms with Crippen LogP contribution in [0.1, 0.15) is 11.9 Å². The highest BCUT2D eigenvalue weighted by Gasteiger charge is 2.17. The van der Waals surface area contributed by atoms with Crippen LogP contribution in [0.2, 0.25) is 0 Å². The van der Waals surface area contributed by atoms with E-state index >= 15 is 0 Å². The van der Waals surface area contributed by atoms with E-state index < -0.39 is 0 Å². The van der Waals surface area contributed by atoms with Crippen molar-refractivity contribution in [3.63, 3.8) is 0 Å². The second-order valence-corrected chi connectivity index (χ2v) is 6.73. The minimum Gasteiger partial charge on any atom is -0.328 e. The summed E-state index contributed by atoms with van der Waals surface area (Å²) in [6, 6.07) is 0. The average Bonchev–Trinajstić information content (AvgIpc) is 3.02. The highest BCUT2D eigenvalue weighted by Crippen LogP contribution is 2.17. The number of hydrogen-bond donors (Lipinski definition) is 0. The minimum absolute atomic E-state index is 0.232. The summed E-state index contributed by atoms with van der Waals surface area (Å²) in [4.78, 5) is 29.0. The number of fused-ring (bicyclic) bond motifs is 1. The van der Waals surface area contributed by atoms with E-state index in [0.717, 1.165) is 0 Å². The zero-order valence-electron chi connectivity index (χ0n) is 11.3. The number of aryl methyl sites for hydroxylation is 1. The lowest BCUT2D eigenvalue weighted by Gasteiger charge is -2.08. The van der Waals surface area contributed by atoms with Gasteiger partial charge in [0.05, 0.1) is 12.9 Å². The van der Waals surface area contributed by atoms with Crippen molar-refractivity contribution in [2.24, 2.45) is 7.05 Å². The van der Waals surface area contributed by atoms with Crippen molar-refractivity contribution in [2.45, 2.75) is 20.0 Å². The van der Waals surface area contributed by atoms with Crippen LogP contribution < -0.4 is 11.2 Å². The second kappa shape index (κ2) is 5.19. The molecule has 10 heteroatoms. The predicted molar refractivity (Wildman–Crippen MR) is 81.6 cm³/mol. The summed E-state index contributed by atoms with van der Waals surface area (Å²) >= 11 is 4.58. The molecule has 0 aliphatic rings. The van der Waals surface area contributed by atoms with E-state index in [4.69, 9.17) is 0 Å². The highest BCUT2D eigenvalue weighted by atomic mass is 79.9. The summed E-state index contributed by atoms with van der Waals surface area (Å²) in [7, 11) is 1.73. The van der Waals surface area contributed by atoms with Gasteiger partial charge < -0.3 is 4.57 Å². The minimum atomic E-state index is -0.389. The van der Waals surface area contributed by atoms with Gasteiger partial charge in [-0.15, -0.1) is 10.2 Å². The monoisotopic (exact) mass is 370 g/mol. The first kappa shape index (κ1) is 14.1. The van der Waals surface area contributed by atoms with E-state index in [1.165, 1.54) is 26.8 Å². The molecule has 0 spiro atoms. The molecule has 0 bridgehead atoms. The smallest absolute Gasteiger partial charge is 0.328 e. The molecule has 0 aliphatic carbocycles. The topological polar surface area (TPSA) is 87.6 Å². The van der Waals surface area contributed by atoms with Gasteiger partial charge in [-0.3, -0.25) is 13.9 Å². The molecule has 3 aromatic heterocycles. The Labute approximate surface area is 130 Å². The Morgan fingerprint density at radius 2 is 2.05 bits per heavy atom. The van der Waals surface area contributed by atoms with Crippen molar-refractivity contribution in [2.75, 3.05) is 0 Å². The largest absolute Gasteiger partial charge is 0.333 e. The Bertz CT molecular complexity index is 936. The molecule has 0 fully saturated rings. The first-order chi connectivity index (χ1) is 10.0. The standard InChI is InChI=1S/C11H11BrN6O2S/c1-3-17-9(19)7-8(13-5-16(7)2)18(11(17)20)4-6-14-15-10(12)21-6/h5H,3-4H2,1-2H3. The van der Waals surface area contributed by atoms with Gasteiger partial charge in [0.25, 0.3) is 5.56 Å². The van der Waals surface area contributed by atoms with Crippen LogP contribution in [-0.2, 0) is 20.1 Å². The fraction of sp³-hybridized carbons (Fsp3) is 0.364. The van der Waals surface area contributed by atoms with Gasteiger partial charge in [-0.2, -0.15) is 0 Å². The van der Waals surface area contributed by atoms with Crippen LogP contribution in [0.5, 0.6) is 0 Å². The van der Waals surface area contributed by atoms with Crippen molar-refractivity contribution >= 4 is 38.4 Å². The van der Waals surface area contributed by atoms with E-state index in [-0.39, 0.29) is 17.8 Å². The normalized spacial score (nSPS) is 11.4. The molecule has 0 saturated carbocycles. The Morgan fingerprint density at radius 3 is 2.67 bits per heavy atom. The maximum atomic E-state index is 12.5. The summed E-state index contributed by atoms with van der Waals surface area (Å²) < 4.78 is 4.91. The Kier molecular flexibility index (Phi) is 3.49. The Balaban J connectivity index is 2.31. The van der Waals surface area contributed by atoms with Crippen molar-refractivity contribution in [1.82, 2.24) is 28.9 Å². The molecule has 3 aromatic rings. The summed E-state index contributed by atoms with van der Waals surface area (Å²) in [6.45, 7) is 2.30. The molecule has 0 saturated heterocycles. The van der Waals surface area contributed by atoms with Gasteiger partial charge in [-0.05, 0) is 22.9 Å². The van der Waals surface area contributed by atoms with Crippen molar-refractivity contribution in [1.29, 1.82) is 0 Å². The van der Waals surface area contributed by atoms with Gasteiger partial charge in [0.15, 0.2) is 15.1 Å². The third kappa shape index (κ3) is 2.23. The number of hydrogen-bond acceptors (Lipinski definition) is 6. The van der Waals surface area contributed by atoms with E-state index in [1.54, 1.807) is 18.5 Å². The first-order valence-electron chi connectivity index (χ1n) is 6.15. The molecule has 21 heavy (non-hydrogen) atoms. The summed E-state index contributed by atoms with van der Waals surface area (Å²) in [5.74, 6) is 0. The van der Waals surface area contributed by atoms with E-state index in [0.29, 0.717) is 26.6 Å². The third-order valence-corrected chi connectivity index (χ3v) is 4.48. The lowest BCUT2D eigenvalue weighted by Crippen LogP contribution is -2.40. The fourth-order valence-corrected chi connectivity index (χ4v) is 3.36. The van der Waals surface area contributed by atoms with Crippen LogP contribution in [0.4, 0.5) is 0 Å². The molecule has 0 N–H and O–H groups in total. The third-order valence-electron chi connectivity index (χ3n) is 3.13. The van der Waals surface area contributed by atoms with Gasteiger partial charge >= 0.3 is 5.69 Å². The number of aromatic nitrogens is 6. The maximum absolute atomic E-state index is 12.5. The predicted octanol–water partition coefficient (Wildman–Crippen LogP) is 0.579. The molecule has 3 rings (SSSR count). The summed E-state index contributed by atoms with van der Waals surface area (Å²) in [6.07, 6.45) is 1.53. The first-order valence-corrected chi connectivity index (χ1v) is 7.76. The van der Waals surface area contributed by atoms with Gasteiger partial charge in [-0.25, -0.2) is 9.78 Å². The number of halogens is 1. The zero-order valence-corrected chi connectivity index (χ0v) is 13.7. The Morgan fingerprint density at radius 1 is 1.29 bits per heavy atom. The lowest BCUT2D eigenvalue weighted by molar-refractivity contribution is 0.611. The molecule has 0 amide bonds. The average molecular weight is 371 g/mol. The summed E-state index contributed by atoms with van der Waals surface area (Å²) in [5, 5.41) is 8.51. The van der Waals surface area contributed by atoms with Crippen LogP contribution in [0, 0.1) is 0 Å². The van der Waals surface area contributed by atoms with Gasteiger partial charge in [0.2, 0.25) is 0 Å². The van der Waals surface area contributed by atoms with Crippen LogP contribution >= 0.6 is 27.3 Å². The summed E-state index contributed by atoms with van der Waals surface area (Å²) in [5.41, 5.74) is 0.0516. The molecule has 8 nitrogen and oxygen atoms in total. The zero-order chi connectivity index (χ0) is 15.1. The molecule has 0 atom stereocenters. The van der Waals surface area contributed by atoms with E-state index in [1.807, 2.05) is 0 Å². The van der Waals surface area contributed by atoms with Crippen molar-refractivity contribution in [3.8, 4) is 0 Å². The molecule has 0 unspecified atom stereocenters. The highest BCUT2D eigenvalue weighted by molar-refractivity contribution is 9.11. The van der Waals surface area contributed by atoms with Crippen molar-refractivity contribution < 1.29 is 0 Å². The molecule has 110 valence electrons. The Hall–Kier alpha value is -1.81. The van der Waals surface area contributed by atoms with E-state index in [2.05, 4.69) is 31.1 Å². The maximum Gasteiger partial charge on any atom is 0.333 e. The van der Waals surface area contributed by atoms with Gasteiger partial charge in [0.1, 0.15) is 5.01 Å². The van der Waals surface area contributed by atoms with Crippen molar-refractivity contribution in [3.05, 3.63) is 36.1 Å². The number of rotatable bonds is 3. The van der Waals surface area contributed by atoms with Crippen LogP contribution in [-0.4, -0.2) is 28.9 Å². The molecular formula is C11H11BrN6O2S. The molecule has 0 aliphatic heterocycles. The SMILES string of the molecule is CCn1c(=O)c2c(ncn2C)n(Cc2nnc(Br)s2)c1=O. The van der Waals surface area contributed by atoms with Gasteiger partial charge in [-0.1, -0.05) is 11.3 Å². The number of imidazole rings is 1. The molecule has 0 aromatic carbocycles. The van der Waals surface area contributed by atoms with Gasteiger partial charge in [0, 0.05) is 13.6 Å². The quantitative estimate of drug-likeness (QED) is 0.672. The van der Waals surface area contributed by atoms with E-state index in [9.17, 15) is 9.59 Å². The van der Waals surface area contributed by atoms with Crippen LogP contribution in [0.15, 0.2) is 19.8 Å². The molecule has 3 heterocycles. The van der Waals surface area contributed by atoms with Crippen LogP contribution in [0.25, 0.3) is 11.2 Å². The lowest BCUT2D eigenvalue weighted by atomic mass is 10.4.